The first-order chi connectivity index (χ1) is 13.8. The number of imidazole rings is 1. The highest BCUT2D eigenvalue weighted by atomic mass is 32.2. The van der Waals surface area contributed by atoms with Crippen LogP contribution < -0.4 is 0 Å². The van der Waals surface area contributed by atoms with Crippen molar-refractivity contribution >= 4 is 17.7 Å². The fourth-order valence-corrected chi connectivity index (χ4v) is 4.59. The van der Waals surface area contributed by atoms with Gasteiger partial charge in [0.05, 0.1) is 24.1 Å². The van der Waals surface area contributed by atoms with Crippen molar-refractivity contribution < 1.29 is 9.53 Å². The Morgan fingerprint density at radius 1 is 1.28 bits per heavy atom. The molecule has 0 N–H and O–H groups in total. The Kier molecular flexibility index (Phi) is 7.06. The van der Waals surface area contributed by atoms with Crippen LogP contribution in [0.1, 0.15) is 50.6 Å². The van der Waals surface area contributed by atoms with Crippen molar-refractivity contribution in [1.82, 2.24) is 14.5 Å². The number of carbonyl (C=O) groups is 1. The second-order valence-corrected chi connectivity index (χ2v) is 9.68. The Hall–Kier alpha value is -1.79. The number of hydrogen-bond acceptors (Lipinski definition) is 4. The molecular formula is C23H33N3O2S. The van der Waals surface area contributed by atoms with Crippen LogP contribution in [0, 0.1) is 13.8 Å². The number of hydrogen-bond donors (Lipinski definition) is 0. The molecule has 158 valence electrons. The van der Waals surface area contributed by atoms with Crippen LogP contribution >= 0.6 is 11.8 Å². The Morgan fingerprint density at radius 2 is 2.00 bits per heavy atom. The zero-order valence-electron chi connectivity index (χ0n) is 18.3. The van der Waals surface area contributed by atoms with E-state index in [1.165, 1.54) is 11.8 Å². The lowest BCUT2D eigenvalue weighted by Crippen LogP contribution is -2.46. The molecule has 5 nitrogen and oxygen atoms in total. The first-order valence-electron chi connectivity index (χ1n) is 10.4. The first-order valence-corrected chi connectivity index (χ1v) is 11.4. The van der Waals surface area contributed by atoms with Crippen LogP contribution in [-0.2, 0) is 22.6 Å². The molecule has 0 aliphatic carbocycles. The molecule has 1 saturated heterocycles. The van der Waals surface area contributed by atoms with Crippen LogP contribution in [0.2, 0.25) is 0 Å². The van der Waals surface area contributed by atoms with Crippen LogP contribution in [0.4, 0.5) is 0 Å². The van der Waals surface area contributed by atoms with E-state index in [2.05, 4.69) is 44.4 Å². The number of nitrogens with zero attached hydrogens (tertiary/aromatic N) is 3. The van der Waals surface area contributed by atoms with Gasteiger partial charge in [0.1, 0.15) is 0 Å². The molecule has 2 heterocycles. The molecule has 1 aliphatic rings. The summed E-state index contributed by atoms with van der Waals surface area (Å²) >= 11 is 1.53. The number of carbonyl (C=O) groups excluding carboxylic acids is 1. The predicted molar refractivity (Wildman–Crippen MR) is 118 cm³/mol. The monoisotopic (exact) mass is 415 g/mol. The van der Waals surface area contributed by atoms with Crippen LogP contribution in [0.3, 0.4) is 0 Å². The molecular weight excluding hydrogens is 382 g/mol. The van der Waals surface area contributed by atoms with E-state index in [9.17, 15) is 4.79 Å². The summed E-state index contributed by atoms with van der Waals surface area (Å²) in [5, 5.41) is 0.914. The van der Waals surface area contributed by atoms with Crippen LogP contribution in [0.25, 0.3) is 0 Å². The van der Waals surface area contributed by atoms with Crippen molar-refractivity contribution in [2.24, 2.45) is 0 Å². The Balaban J connectivity index is 1.70. The predicted octanol–water partition coefficient (Wildman–Crippen LogP) is 4.60. The summed E-state index contributed by atoms with van der Waals surface area (Å²) in [4.78, 5) is 19.8. The topological polar surface area (TPSA) is 47.4 Å². The van der Waals surface area contributed by atoms with Gasteiger partial charge in [0.25, 0.3) is 0 Å². The molecule has 1 fully saturated rings. The maximum absolute atomic E-state index is 13.2. The second-order valence-electron chi connectivity index (χ2n) is 8.74. The number of ether oxygens (including phenoxy) is 1. The summed E-state index contributed by atoms with van der Waals surface area (Å²) in [7, 11) is 0. The number of aromatic nitrogens is 2. The third-order valence-corrected chi connectivity index (χ3v) is 6.41. The molecule has 1 aliphatic heterocycles. The fourth-order valence-electron chi connectivity index (χ4n) is 3.61. The van der Waals surface area contributed by atoms with Crippen molar-refractivity contribution in [1.29, 1.82) is 0 Å². The first kappa shape index (κ1) is 21.9. The molecule has 1 aromatic carbocycles. The van der Waals surface area contributed by atoms with E-state index in [1.807, 2.05) is 30.0 Å². The van der Waals surface area contributed by atoms with Crippen LogP contribution in [0.15, 0.2) is 35.5 Å². The Labute approximate surface area is 178 Å². The molecule has 0 unspecified atom stereocenters. The molecule has 1 atom stereocenters. The van der Waals surface area contributed by atoms with E-state index in [0.717, 1.165) is 48.1 Å². The summed E-state index contributed by atoms with van der Waals surface area (Å²) in [6, 6.07) is 10.2. The Bertz CT molecular complexity index is 821. The van der Waals surface area contributed by atoms with Crippen molar-refractivity contribution in [2.45, 2.75) is 77.3 Å². The molecule has 2 aromatic rings. The molecule has 29 heavy (non-hydrogen) atoms. The minimum atomic E-state index is -0.244. The van der Waals surface area contributed by atoms with Crippen LogP contribution in [0.5, 0.6) is 0 Å². The molecule has 3 rings (SSSR count). The van der Waals surface area contributed by atoms with Gasteiger partial charge in [-0.25, -0.2) is 4.98 Å². The maximum atomic E-state index is 13.2. The molecule has 0 spiro atoms. The third kappa shape index (κ3) is 5.64. The van der Waals surface area contributed by atoms with Gasteiger partial charge in [-0.15, -0.1) is 0 Å². The van der Waals surface area contributed by atoms with Gasteiger partial charge in [0.15, 0.2) is 5.16 Å². The summed E-state index contributed by atoms with van der Waals surface area (Å²) in [6.45, 7) is 12.7. The van der Waals surface area contributed by atoms with Crippen molar-refractivity contribution in [2.75, 3.05) is 12.4 Å². The lowest BCUT2D eigenvalue weighted by Gasteiger charge is -2.36. The normalized spacial score (nSPS) is 16.9. The third-order valence-electron chi connectivity index (χ3n) is 5.45. The zero-order chi connectivity index (χ0) is 21.0. The molecule has 0 bridgehead atoms. The summed E-state index contributed by atoms with van der Waals surface area (Å²) in [6.07, 6.45) is 2.47. The average Bonchev–Trinajstić information content (AvgIpc) is 3.28. The highest BCUT2D eigenvalue weighted by Gasteiger charge is 2.27. The number of thioether (sulfide) groups is 1. The van der Waals surface area contributed by atoms with Gasteiger partial charge in [-0.2, -0.15) is 0 Å². The summed E-state index contributed by atoms with van der Waals surface area (Å²) in [5.74, 6) is 0.513. The van der Waals surface area contributed by atoms with Crippen molar-refractivity contribution in [3.05, 3.63) is 47.3 Å². The van der Waals surface area contributed by atoms with E-state index in [0.29, 0.717) is 12.3 Å². The number of amides is 1. The van der Waals surface area contributed by atoms with Gasteiger partial charge in [-0.05, 0) is 53.0 Å². The van der Waals surface area contributed by atoms with Crippen molar-refractivity contribution in [3.8, 4) is 0 Å². The minimum Gasteiger partial charge on any atom is -0.376 e. The Morgan fingerprint density at radius 3 is 2.62 bits per heavy atom. The second kappa shape index (κ2) is 9.35. The number of aryl methyl sites for hydroxylation is 1. The molecule has 0 radical (unpaired) electrons. The van der Waals surface area contributed by atoms with Gasteiger partial charge < -0.3 is 14.2 Å². The zero-order valence-corrected chi connectivity index (χ0v) is 19.1. The van der Waals surface area contributed by atoms with Gasteiger partial charge in [-0.3, -0.25) is 4.79 Å². The lowest BCUT2D eigenvalue weighted by atomic mass is 10.0. The van der Waals surface area contributed by atoms with E-state index in [4.69, 9.17) is 9.72 Å². The van der Waals surface area contributed by atoms with Crippen LogP contribution in [-0.4, -0.2) is 44.4 Å². The average molecular weight is 416 g/mol. The largest absolute Gasteiger partial charge is 0.376 e. The van der Waals surface area contributed by atoms with Gasteiger partial charge >= 0.3 is 0 Å². The van der Waals surface area contributed by atoms with Gasteiger partial charge in [0.2, 0.25) is 5.91 Å². The van der Waals surface area contributed by atoms with Gasteiger partial charge in [0, 0.05) is 24.4 Å². The van der Waals surface area contributed by atoms with Gasteiger partial charge in [-0.1, -0.05) is 42.1 Å². The summed E-state index contributed by atoms with van der Waals surface area (Å²) in [5.41, 5.74) is 3.08. The van der Waals surface area contributed by atoms with E-state index < -0.39 is 0 Å². The SMILES string of the molecule is Cc1nc(SCC(=O)N(Cc2ccccc2)C(C)(C)C)n(C[C@@H]2CCCO2)c1C. The van der Waals surface area contributed by atoms with E-state index in [1.54, 1.807) is 0 Å². The highest BCUT2D eigenvalue weighted by molar-refractivity contribution is 7.99. The minimum absolute atomic E-state index is 0.133. The van der Waals surface area contributed by atoms with E-state index >= 15 is 0 Å². The van der Waals surface area contributed by atoms with Crippen molar-refractivity contribution in [3.63, 3.8) is 0 Å². The quantitative estimate of drug-likeness (QED) is 0.620. The lowest BCUT2D eigenvalue weighted by molar-refractivity contribution is -0.133. The summed E-state index contributed by atoms with van der Waals surface area (Å²) < 4.78 is 8.04. The standard InChI is InChI=1S/C23H33N3O2S/c1-17-18(2)25(15-20-12-9-13-28-20)22(24-17)29-16-21(27)26(23(3,4)5)14-19-10-7-6-8-11-19/h6-8,10-11,20H,9,12-16H2,1-5H3/t20-/m0/s1. The molecule has 1 aromatic heterocycles. The highest BCUT2D eigenvalue weighted by Crippen LogP contribution is 2.26. The maximum Gasteiger partial charge on any atom is 0.233 e. The number of rotatable bonds is 7. The fraction of sp³-hybridized carbons (Fsp3) is 0.565. The van der Waals surface area contributed by atoms with E-state index in [-0.39, 0.29) is 17.6 Å². The number of benzene rings is 1. The smallest absolute Gasteiger partial charge is 0.233 e. The molecule has 0 saturated carbocycles. The molecule has 6 heteroatoms. The molecule has 1 amide bonds.